The molecular weight excluding hydrogens is 197 g/mol. The lowest BCUT2D eigenvalue weighted by Gasteiger charge is -2.24. The second-order valence-electron chi connectivity index (χ2n) is 2.66. The first-order valence-corrected chi connectivity index (χ1v) is 3.44. The van der Waals surface area contributed by atoms with Gasteiger partial charge in [-0.3, -0.25) is 4.90 Å². The molecule has 1 N–H and O–H groups in total. The Morgan fingerprint density at radius 3 is 1.92 bits per heavy atom. The summed E-state index contributed by atoms with van der Waals surface area (Å²) < 4.78 is 59.3. The number of alkyl halides is 5. The van der Waals surface area contributed by atoms with E-state index >= 15 is 0 Å². The average Bonchev–Trinajstić information content (AvgIpc) is 1.83. The Labute approximate surface area is 71.9 Å². The van der Waals surface area contributed by atoms with Gasteiger partial charge in [-0.05, 0) is 7.05 Å². The maximum absolute atomic E-state index is 12.3. The largest absolute Gasteiger partial charge is 0.454 e. The molecule has 2 nitrogen and oxygen atoms in total. The van der Waals surface area contributed by atoms with Crippen LogP contribution >= 0.6 is 0 Å². The highest BCUT2D eigenvalue weighted by Crippen LogP contribution is 2.35. The highest BCUT2D eigenvalue weighted by atomic mass is 19.4. The number of rotatable bonds is 4. The minimum Gasteiger partial charge on any atom is -0.395 e. The Morgan fingerprint density at radius 2 is 1.62 bits per heavy atom. The van der Waals surface area contributed by atoms with Crippen LogP contribution in [0.25, 0.3) is 0 Å². The smallest absolute Gasteiger partial charge is 0.395 e. The van der Waals surface area contributed by atoms with Gasteiger partial charge in [0.15, 0.2) is 0 Å². The summed E-state index contributed by atoms with van der Waals surface area (Å²) in [4.78, 5) is 0.716. The molecule has 0 atom stereocenters. The van der Waals surface area contributed by atoms with E-state index in [2.05, 4.69) is 0 Å². The van der Waals surface area contributed by atoms with Gasteiger partial charge in [0.05, 0.1) is 13.2 Å². The van der Waals surface area contributed by atoms with Crippen LogP contribution in [0.2, 0.25) is 0 Å². The number of hydrogen-bond acceptors (Lipinski definition) is 2. The van der Waals surface area contributed by atoms with Crippen LogP contribution in [-0.4, -0.2) is 48.8 Å². The number of aliphatic hydroxyl groups excluding tert-OH is 1. The molecule has 0 fully saturated rings. The van der Waals surface area contributed by atoms with Crippen LogP contribution < -0.4 is 0 Å². The molecule has 0 saturated carbocycles. The molecular formula is C6H10F5NO. The van der Waals surface area contributed by atoms with Crippen molar-refractivity contribution in [2.75, 3.05) is 26.7 Å². The van der Waals surface area contributed by atoms with E-state index in [0.29, 0.717) is 4.90 Å². The van der Waals surface area contributed by atoms with Gasteiger partial charge in [0.1, 0.15) is 0 Å². The van der Waals surface area contributed by atoms with E-state index in [9.17, 15) is 22.0 Å². The molecule has 0 aromatic carbocycles. The van der Waals surface area contributed by atoms with E-state index in [0.717, 1.165) is 7.05 Å². The Balaban J connectivity index is 4.17. The van der Waals surface area contributed by atoms with E-state index in [1.165, 1.54) is 0 Å². The maximum atomic E-state index is 12.3. The molecule has 0 rings (SSSR count). The van der Waals surface area contributed by atoms with E-state index in [4.69, 9.17) is 5.11 Å². The molecule has 0 amide bonds. The lowest BCUT2D eigenvalue weighted by molar-refractivity contribution is -0.285. The van der Waals surface area contributed by atoms with Gasteiger partial charge >= 0.3 is 12.1 Å². The van der Waals surface area contributed by atoms with Gasteiger partial charge in [-0.15, -0.1) is 0 Å². The van der Waals surface area contributed by atoms with Crippen LogP contribution in [0.3, 0.4) is 0 Å². The second kappa shape index (κ2) is 4.19. The lowest BCUT2D eigenvalue weighted by Crippen LogP contribution is -2.46. The average molecular weight is 207 g/mol. The third kappa shape index (κ3) is 3.86. The molecule has 80 valence electrons. The van der Waals surface area contributed by atoms with Crippen molar-refractivity contribution in [1.82, 2.24) is 4.90 Å². The summed E-state index contributed by atoms with van der Waals surface area (Å²) in [6.45, 7) is -2.10. The summed E-state index contributed by atoms with van der Waals surface area (Å²) in [5, 5.41) is 8.27. The fourth-order valence-corrected chi connectivity index (χ4v) is 0.678. The zero-order valence-corrected chi connectivity index (χ0v) is 6.91. The number of halogens is 5. The molecule has 13 heavy (non-hydrogen) atoms. The molecule has 0 unspecified atom stereocenters. The molecule has 0 bridgehead atoms. The first-order chi connectivity index (χ1) is 5.70. The fraction of sp³-hybridized carbons (Fsp3) is 1.00. The zero-order valence-electron chi connectivity index (χ0n) is 6.91. The maximum Gasteiger partial charge on any atom is 0.454 e. The predicted octanol–water partition coefficient (Wildman–Crippen LogP) is 1.11. The standard InChI is InChI=1S/C6H10F5NO/c1-12(2-3-13)4-5(7,8)6(9,10)11/h13H,2-4H2,1H3. The lowest BCUT2D eigenvalue weighted by atomic mass is 10.3. The van der Waals surface area contributed by atoms with Crippen LogP contribution in [0.5, 0.6) is 0 Å². The minimum absolute atomic E-state index is 0.217. The summed E-state index contributed by atoms with van der Waals surface area (Å²) in [6.07, 6.45) is -5.53. The quantitative estimate of drug-likeness (QED) is 0.698. The molecule has 0 saturated heterocycles. The van der Waals surface area contributed by atoms with Crippen LogP contribution in [-0.2, 0) is 0 Å². The van der Waals surface area contributed by atoms with Crippen molar-refractivity contribution in [3.63, 3.8) is 0 Å². The summed E-state index contributed by atoms with van der Waals surface area (Å²) in [6, 6.07) is 0. The van der Waals surface area contributed by atoms with Crippen LogP contribution in [0.1, 0.15) is 0 Å². The van der Waals surface area contributed by atoms with Crippen molar-refractivity contribution in [2.45, 2.75) is 12.1 Å². The molecule has 7 heteroatoms. The Kier molecular flexibility index (Phi) is 4.05. The van der Waals surface area contributed by atoms with Crippen molar-refractivity contribution >= 4 is 0 Å². The highest BCUT2D eigenvalue weighted by molar-refractivity contribution is 4.78. The molecule has 0 aromatic rings. The molecule has 0 radical (unpaired) electrons. The fourth-order valence-electron chi connectivity index (χ4n) is 0.678. The summed E-state index contributed by atoms with van der Waals surface area (Å²) in [5.74, 6) is -4.73. The first kappa shape index (κ1) is 12.6. The molecule has 0 spiro atoms. The van der Waals surface area contributed by atoms with Gasteiger partial charge in [-0.1, -0.05) is 0 Å². The first-order valence-electron chi connectivity index (χ1n) is 3.44. The van der Waals surface area contributed by atoms with E-state index in [-0.39, 0.29) is 6.54 Å². The van der Waals surface area contributed by atoms with E-state index in [1.54, 1.807) is 0 Å². The van der Waals surface area contributed by atoms with Crippen LogP contribution in [0.4, 0.5) is 22.0 Å². The minimum atomic E-state index is -5.53. The topological polar surface area (TPSA) is 23.5 Å². The summed E-state index contributed by atoms with van der Waals surface area (Å²) in [7, 11) is 1.08. The van der Waals surface area contributed by atoms with Gasteiger partial charge in [0.2, 0.25) is 0 Å². The van der Waals surface area contributed by atoms with Crippen molar-refractivity contribution in [3.05, 3.63) is 0 Å². The predicted molar refractivity (Wildman–Crippen MR) is 35.6 cm³/mol. The number of likely N-dealkylation sites (N-methyl/N-ethyl adjacent to an activating group) is 1. The van der Waals surface area contributed by atoms with Crippen molar-refractivity contribution in [2.24, 2.45) is 0 Å². The Hall–Kier alpha value is -0.430. The van der Waals surface area contributed by atoms with Gasteiger partial charge in [-0.2, -0.15) is 22.0 Å². The molecule has 0 aliphatic rings. The summed E-state index contributed by atoms with van der Waals surface area (Å²) in [5.41, 5.74) is 0. The van der Waals surface area contributed by atoms with Crippen LogP contribution in [0.15, 0.2) is 0 Å². The third-order valence-electron chi connectivity index (χ3n) is 1.36. The van der Waals surface area contributed by atoms with Gasteiger partial charge in [0, 0.05) is 6.54 Å². The number of aliphatic hydroxyl groups is 1. The molecule has 0 aromatic heterocycles. The molecule has 0 aliphatic heterocycles. The molecule has 0 aliphatic carbocycles. The van der Waals surface area contributed by atoms with E-state index in [1.807, 2.05) is 0 Å². The van der Waals surface area contributed by atoms with Crippen molar-refractivity contribution < 1.29 is 27.1 Å². The van der Waals surface area contributed by atoms with Gasteiger partial charge in [-0.25, -0.2) is 0 Å². The van der Waals surface area contributed by atoms with E-state index < -0.39 is 25.3 Å². The normalized spacial score (nSPS) is 13.8. The Bertz CT molecular complexity index is 158. The van der Waals surface area contributed by atoms with Crippen molar-refractivity contribution in [3.8, 4) is 0 Å². The van der Waals surface area contributed by atoms with Gasteiger partial charge in [0.25, 0.3) is 0 Å². The van der Waals surface area contributed by atoms with Crippen LogP contribution in [0, 0.1) is 0 Å². The number of nitrogens with zero attached hydrogens (tertiary/aromatic N) is 1. The number of hydrogen-bond donors (Lipinski definition) is 1. The highest BCUT2D eigenvalue weighted by Gasteiger charge is 2.57. The second-order valence-corrected chi connectivity index (χ2v) is 2.66. The van der Waals surface area contributed by atoms with Gasteiger partial charge < -0.3 is 5.11 Å². The Morgan fingerprint density at radius 1 is 1.15 bits per heavy atom. The zero-order chi connectivity index (χ0) is 10.7. The molecule has 0 heterocycles. The summed E-state index contributed by atoms with van der Waals surface area (Å²) >= 11 is 0. The monoisotopic (exact) mass is 207 g/mol. The third-order valence-corrected chi connectivity index (χ3v) is 1.36. The SMILES string of the molecule is CN(CCO)CC(F)(F)C(F)(F)F. The van der Waals surface area contributed by atoms with Crippen molar-refractivity contribution in [1.29, 1.82) is 0 Å².